The number of piperidine rings is 1. The van der Waals surface area contributed by atoms with Crippen molar-refractivity contribution in [2.75, 3.05) is 23.7 Å². The van der Waals surface area contributed by atoms with Gasteiger partial charge in [-0.1, -0.05) is 12.1 Å². The molecule has 1 amide bonds. The van der Waals surface area contributed by atoms with Crippen molar-refractivity contribution in [3.8, 4) is 5.69 Å². The van der Waals surface area contributed by atoms with Crippen LogP contribution in [0.25, 0.3) is 5.69 Å². The van der Waals surface area contributed by atoms with Gasteiger partial charge in [0.15, 0.2) is 0 Å². The van der Waals surface area contributed by atoms with E-state index < -0.39 is 10.0 Å². The lowest BCUT2D eigenvalue weighted by Crippen LogP contribution is -2.51. The average molecular weight is 465 g/mol. The summed E-state index contributed by atoms with van der Waals surface area (Å²) >= 11 is 0. The van der Waals surface area contributed by atoms with E-state index in [4.69, 9.17) is 0 Å². The standard InChI is InChI=1S/C25H28N4O3S/c1-17-7-9-22-21(15-17)27-25(24-5-4-12-29(22)24)10-13-28(14-11-25)33(31,32)23-16-18(2)6-8-20(23)26-19(3)30/h4-9,12,15-16,27H,10-11,13-14H2,1-3H3,(H,26,30). The molecule has 0 radical (unpaired) electrons. The highest BCUT2D eigenvalue weighted by atomic mass is 32.2. The molecular formula is C25H28N4O3S. The second-order valence-electron chi connectivity index (χ2n) is 9.08. The van der Waals surface area contributed by atoms with Crippen molar-refractivity contribution in [2.45, 2.75) is 44.0 Å². The number of rotatable bonds is 3. The number of sulfonamides is 1. The highest BCUT2D eigenvalue weighted by Crippen LogP contribution is 2.44. The number of carbonyl (C=O) groups is 1. The fourth-order valence-electron chi connectivity index (χ4n) is 5.03. The minimum Gasteiger partial charge on any atom is -0.372 e. The molecule has 3 aromatic rings. The Morgan fingerprint density at radius 1 is 1.03 bits per heavy atom. The second-order valence-corrected chi connectivity index (χ2v) is 11.0. The van der Waals surface area contributed by atoms with Crippen LogP contribution in [0, 0.1) is 13.8 Å². The number of benzene rings is 2. The van der Waals surface area contributed by atoms with E-state index in [0.29, 0.717) is 31.6 Å². The molecule has 1 spiro atoms. The highest BCUT2D eigenvalue weighted by Gasteiger charge is 2.44. The third-order valence-corrected chi connectivity index (χ3v) is 8.60. The Morgan fingerprint density at radius 2 is 1.73 bits per heavy atom. The van der Waals surface area contributed by atoms with Crippen LogP contribution in [-0.4, -0.2) is 36.3 Å². The Morgan fingerprint density at radius 3 is 2.45 bits per heavy atom. The van der Waals surface area contributed by atoms with Crippen molar-refractivity contribution in [2.24, 2.45) is 0 Å². The average Bonchev–Trinajstić information content (AvgIpc) is 3.26. The Kier molecular flexibility index (Phi) is 5.10. The molecule has 1 aromatic heterocycles. The van der Waals surface area contributed by atoms with E-state index in [0.717, 1.165) is 22.6 Å². The highest BCUT2D eigenvalue weighted by molar-refractivity contribution is 7.89. The van der Waals surface area contributed by atoms with Gasteiger partial charge in [-0.25, -0.2) is 8.42 Å². The van der Waals surface area contributed by atoms with E-state index in [1.54, 1.807) is 22.5 Å². The molecule has 0 unspecified atom stereocenters. The summed E-state index contributed by atoms with van der Waals surface area (Å²) in [4.78, 5) is 11.8. The van der Waals surface area contributed by atoms with Crippen LogP contribution in [0.5, 0.6) is 0 Å². The van der Waals surface area contributed by atoms with Gasteiger partial charge in [-0.15, -0.1) is 0 Å². The normalized spacial score (nSPS) is 17.2. The molecule has 1 fully saturated rings. The number of carbonyl (C=O) groups excluding carboxylic acids is 1. The first kappa shape index (κ1) is 21.7. The summed E-state index contributed by atoms with van der Waals surface area (Å²) in [5.41, 5.74) is 5.34. The van der Waals surface area contributed by atoms with Crippen LogP contribution in [0.15, 0.2) is 59.6 Å². The van der Waals surface area contributed by atoms with Gasteiger partial charge in [-0.05, 0) is 74.2 Å². The summed E-state index contributed by atoms with van der Waals surface area (Å²) in [6.07, 6.45) is 3.36. The van der Waals surface area contributed by atoms with E-state index in [2.05, 4.69) is 52.6 Å². The number of fused-ring (bicyclic) bond motifs is 4. The molecule has 2 N–H and O–H groups in total. The Bertz CT molecular complexity index is 1350. The van der Waals surface area contributed by atoms with Crippen molar-refractivity contribution in [3.05, 3.63) is 71.5 Å². The van der Waals surface area contributed by atoms with Gasteiger partial charge < -0.3 is 15.2 Å². The number of nitrogens with zero attached hydrogens (tertiary/aromatic N) is 2. The molecule has 3 heterocycles. The van der Waals surface area contributed by atoms with Crippen LogP contribution in [0.2, 0.25) is 0 Å². The zero-order valence-electron chi connectivity index (χ0n) is 19.1. The van der Waals surface area contributed by atoms with E-state index >= 15 is 0 Å². The quantitative estimate of drug-likeness (QED) is 0.610. The topological polar surface area (TPSA) is 83.4 Å². The third-order valence-electron chi connectivity index (χ3n) is 6.67. The lowest BCUT2D eigenvalue weighted by molar-refractivity contribution is -0.114. The lowest BCUT2D eigenvalue weighted by atomic mass is 9.83. The number of hydrogen-bond donors (Lipinski definition) is 2. The van der Waals surface area contributed by atoms with E-state index in [1.165, 1.54) is 12.5 Å². The Hall–Kier alpha value is -3.10. The monoisotopic (exact) mass is 464 g/mol. The summed E-state index contributed by atoms with van der Waals surface area (Å²) in [7, 11) is -3.76. The maximum atomic E-state index is 13.6. The Balaban J connectivity index is 1.46. The first-order valence-corrected chi connectivity index (χ1v) is 12.6. The molecule has 33 heavy (non-hydrogen) atoms. The lowest BCUT2D eigenvalue weighted by Gasteiger charge is -2.46. The van der Waals surface area contributed by atoms with Gasteiger partial charge in [-0.3, -0.25) is 4.79 Å². The van der Waals surface area contributed by atoms with Crippen LogP contribution in [0.4, 0.5) is 11.4 Å². The van der Waals surface area contributed by atoms with Crippen molar-refractivity contribution < 1.29 is 13.2 Å². The molecule has 2 aliphatic rings. The zero-order valence-corrected chi connectivity index (χ0v) is 19.9. The molecular weight excluding hydrogens is 436 g/mol. The van der Waals surface area contributed by atoms with E-state index in [9.17, 15) is 13.2 Å². The van der Waals surface area contributed by atoms with Gasteiger partial charge in [-0.2, -0.15) is 4.31 Å². The molecule has 8 heteroatoms. The molecule has 2 aromatic carbocycles. The van der Waals surface area contributed by atoms with Crippen LogP contribution in [-0.2, 0) is 20.4 Å². The predicted octanol–water partition coefficient (Wildman–Crippen LogP) is 4.16. The summed E-state index contributed by atoms with van der Waals surface area (Å²) < 4.78 is 31.0. The van der Waals surface area contributed by atoms with Crippen LogP contribution < -0.4 is 10.6 Å². The molecule has 0 bridgehead atoms. The summed E-state index contributed by atoms with van der Waals surface area (Å²) in [6, 6.07) is 15.6. The van der Waals surface area contributed by atoms with Gasteiger partial charge in [0, 0.05) is 31.9 Å². The number of anilines is 2. The zero-order chi connectivity index (χ0) is 23.4. The number of nitrogens with one attached hydrogen (secondary N) is 2. The van der Waals surface area contributed by atoms with Crippen molar-refractivity contribution in [1.29, 1.82) is 0 Å². The number of amides is 1. The van der Waals surface area contributed by atoms with E-state index in [-0.39, 0.29) is 16.3 Å². The second kappa shape index (κ2) is 7.74. The summed E-state index contributed by atoms with van der Waals surface area (Å²) in [6.45, 7) is 6.07. The fraction of sp³-hybridized carbons (Fsp3) is 0.320. The maximum Gasteiger partial charge on any atom is 0.245 e. The summed E-state index contributed by atoms with van der Waals surface area (Å²) in [5.74, 6) is -0.297. The first-order chi connectivity index (χ1) is 15.7. The molecule has 0 saturated carbocycles. The van der Waals surface area contributed by atoms with Gasteiger partial charge in [0.05, 0.1) is 22.6 Å². The largest absolute Gasteiger partial charge is 0.372 e. The molecule has 7 nitrogen and oxygen atoms in total. The minimum atomic E-state index is -3.76. The number of aryl methyl sites for hydroxylation is 2. The predicted molar refractivity (Wildman–Crippen MR) is 129 cm³/mol. The Labute approximate surface area is 194 Å². The first-order valence-electron chi connectivity index (χ1n) is 11.2. The third kappa shape index (κ3) is 3.63. The molecule has 172 valence electrons. The summed E-state index contributed by atoms with van der Waals surface area (Å²) in [5, 5.41) is 6.42. The number of hydrogen-bond acceptors (Lipinski definition) is 4. The molecule has 0 atom stereocenters. The van der Waals surface area contributed by atoms with Gasteiger partial charge in [0.1, 0.15) is 4.90 Å². The van der Waals surface area contributed by atoms with E-state index in [1.807, 2.05) is 13.0 Å². The fourth-order valence-corrected chi connectivity index (χ4v) is 6.70. The van der Waals surface area contributed by atoms with Gasteiger partial charge >= 0.3 is 0 Å². The van der Waals surface area contributed by atoms with Crippen LogP contribution in [0.1, 0.15) is 36.6 Å². The van der Waals surface area contributed by atoms with Crippen molar-refractivity contribution >= 4 is 27.3 Å². The van der Waals surface area contributed by atoms with Crippen molar-refractivity contribution in [3.63, 3.8) is 0 Å². The maximum absolute atomic E-state index is 13.6. The van der Waals surface area contributed by atoms with Gasteiger partial charge in [0.25, 0.3) is 0 Å². The minimum absolute atomic E-state index is 0.148. The van der Waals surface area contributed by atoms with Crippen LogP contribution >= 0.6 is 0 Å². The number of aromatic nitrogens is 1. The molecule has 2 aliphatic heterocycles. The molecule has 5 rings (SSSR count). The molecule has 0 aliphatic carbocycles. The smallest absolute Gasteiger partial charge is 0.245 e. The van der Waals surface area contributed by atoms with Crippen molar-refractivity contribution in [1.82, 2.24) is 8.87 Å². The SMILES string of the molecule is CC(=O)Nc1ccc(C)cc1S(=O)(=O)N1CCC2(CC1)Nc1cc(C)ccc1-n1cccc12. The molecule has 1 saturated heterocycles. The van der Waals surface area contributed by atoms with Crippen LogP contribution in [0.3, 0.4) is 0 Å². The van der Waals surface area contributed by atoms with Gasteiger partial charge in [0.2, 0.25) is 15.9 Å².